The molecule has 1 aromatic carbocycles. The molecule has 0 aliphatic carbocycles. The smallest absolute Gasteiger partial charge is 0.0233 e. The third kappa shape index (κ3) is 4.48. The summed E-state index contributed by atoms with van der Waals surface area (Å²) in [6.45, 7) is 9.96. The molecule has 2 unspecified atom stereocenters. The molecule has 108 valence electrons. The van der Waals surface area contributed by atoms with Gasteiger partial charge in [-0.15, -0.1) is 12.4 Å². The number of piperidine rings is 1. The SMILES string of the molecule is Cc1ccc(CN2CCCC(C(C)N)C2)cc1C.Cl. The maximum atomic E-state index is 6.04. The molecule has 0 aromatic heterocycles. The lowest BCUT2D eigenvalue weighted by molar-refractivity contribution is 0.154. The normalized spacial score (nSPS) is 21.8. The summed E-state index contributed by atoms with van der Waals surface area (Å²) in [6, 6.07) is 7.15. The number of benzene rings is 1. The van der Waals surface area contributed by atoms with Crippen LogP contribution >= 0.6 is 12.4 Å². The molecule has 1 saturated heterocycles. The molecule has 1 aliphatic heterocycles. The van der Waals surface area contributed by atoms with Crippen molar-refractivity contribution in [3.05, 3.63) is 34.9 Å². The number of nitrogens with zero attached hydrogens (tertiary/aromatic N) is 1. The van der Waals surface area contributed by atoms with Gasteiger partial charge in [0.15, 0.2) is 0 Å². The van der Waals surface area contributed by atoms with E-state index in [0.29, 0.717) is 12.0 Å². The molecule has 0 saturated carbocycles. The molecular formula is C16H27ClN2. The van der Waals surface area contributed by atoms with Gasteiger partial charge < -0.3 is 5.73 Å². The first kappa shape index (κ1) is 16.5. The summed E-state index contributed by atoms with van der Waals surface area (Å²) >= 11 is 0. The third-order valence-corrected chi connectivity index (χ3v) is 4.26. The number of hydrogen-bond acceptors (Lipinski definition) is 2. The highest BCUT2D eigenvalue weighted by Gasteiger charge is 2.22. The van der Waals surface area contributed by atoms with Gasteiger partial charge in [-0.1, -0.05) is 18.2 Å². The predicted molar refractivity (Wildman–Crippen MR) is 84.8 cm³/mol. The lowest BCUT2D eigenvalue weighted by Crippen LogP contribution is -2.41. The van der Waals surface area contributed by atoms with Crippen LogP contribution in [0.3, 0.4) is 0 Å². The molecule has 0 radical (unpaired) electrons. The Bertz CT molecular complexity index is 404. The zero-order valence-corrected chi connectivity index (χ0v) is 13.2. The van der Waals surface area contributed by atoms with Crippen LogP contribution in [0, 0.1) is 19.8 Å². The number of hydrogen-bond donors (Lipinski definition) is 1. The predicted octanol–water partition coefficient (Wildman–Crippen LogP) is 3.28. The van der Waals surface area contributed by atoms with Crippen LogP contribution in [0.25, 0.3) is 0 Å². The van der Waals surface area contributed by atoms with Gasteiger partial charge in [0.2, 0.25) is 0 Å². The van der Waals surface area contributed by atoms with E-state index in [9.17, 15) is 0 Å². The van der Waals surface area contributed by atoms with Crippen molar-refractivity contribution in [1.29, 1.82) is 0 Å². The maximum absolute atomic E-state index is 6.04. The van der Waals surface area contributed by atoms with Gasteiger partial charge in [-0.2, -0.15) is 0 Å². The van der Waals surface area contributed by atoms with Gasteiger partial charge in [0.1, 0.15) is 0 Å². The summed E-state index contributed by atoms with van der Waals surface area (Å²) in [5.74, 6) is 0.672. The molecule has 0 bridgehead atoms. The minimum Gasteiger partial charge on any atom is -0.328 e. The molecule has 1 fully saturated rings. The van der Waals surface area contributed by atoms with Crippen molar-refractivity contribution in [2.24, 2.45) is 11.7 Å². The Morgan fingerprint density at radius 1 is 1.32 bits per heavy atom. The van der Waals surface area contributed by atoms with Crippen LogP contribution in [-0.2, 0) is 6.54 Å². The molecule has 2 nitrogen and oxygen atoms in total. The van der Waals surface area contributed by atoms with Crippen molar-refractivity contribution < 1.29 is 0 Å². The average Bonchev–Trinajstić information content (AvgIpc) is 2.34. The monoisotopic (exact) mass is 282 g/mol. The molecule has 1 aliphatic rings. The molecule has 0 amide bonds. The van der Waals surface area contributed by atoms with E-state index in [1.807, 2.05) is 0 Å². The molecule has 1 aromatic rings. The van der Waals surface area contributed by atoms with Crippen LogP contribution in [0.15, 0.2) is 18.2 Å². The quantitative estimate of drug-likeness (QED) is 0.922. The van der Waals surface area contributed by atoms with Gasteiger partial charge >= 0.3 is 0 Å². The third-order valence-electron chi connectivity index (χ3n) is 4.26. The highest BCUT2D eigenvalue weighted by molar-refractivity contribution is 5.85. The van der Waals surface area contributed by atoms with Crippen LogP contribution < -0.4 is 5.73 Å². The van der Waals surface area contributed by atoms with Crippen molar-refractivity contribution in [2.45, 2.75) is 46.2 Å². The zero-order valence-electron chi connectivity index (χ0n) is 12.4. The van der Waals surface area contributed by atoms with E-state index in [-0.39, 0.29) is 12.4 Å². The number of nitrogens with two attached hydrogens (primary N) is 1. The standard InChI is InChI=1S/C16H26N2.ClH/c1-12-6-7-15(9-13(12)2)10-18-8-4-5-16(11-18)14(3)17;/h6-7,9,14,16H,4-5,8,10-11,17H2,1-3H3;1H. The molecule has 19 heavy (non-hydrogen) atoms. The second kappa shape index (κ2) is 7.28. The van der Waals surface area contributed by atoms with Gasteiger partial charge in [0.25, 0.3) is 0 Å². The van der Waals surface area contributed by atoms with Gasteiger partial charge in [-0.3, -0.25) is 4.90 Å². The van der Waals surface area contributed by atoms with E-state index in [1.54, 1.807) is 0 Å². The minimum absolute atomic E-state index is 0. The Morgan fingerprint density at radius 3 is 2.68 bits per heavy atom. The second-order valence-corrected chi connectivity index (χ2v) is 5.92. The summed E-state index contributed by atoms with van der Waals surface area (Å²) in [6.07, 6.45) is 2.58. The minimum atomic E-state index is 0. The topological polar surface area (TPSA) is 29.3 Å². The summed E-state index contributed by atoms with van der Waals surface area (Å²) in [7, 11) is 0. The van der Waals surface area contributed by atoms with Gasteiger partial charge in [0, 0.05) is 19.1 Å². The van der Waals surface area contributed by atoms with E-state index in [1.165, 1.54) is 36.1 Å². The highest BCUT2D eigenvalue weighted by atomic mass is 35.5. The Labute approximate surface area is 123 Å². The van der Waals surface area contributed by atoms with Crippen molar-refractivity contribution in [3.63, 3.8) is 0 Å². The number of halogens is 1. The molecule has 2 atom stereocenters. The van der Waals surface area contributed by atoms with E-state index in [4.69, 9.17) is 5.73 Å². The van der Waals surface area contributed by atoms with Crippen LogP contribution in [0.2, 0.25) is 0 Å². The van der Waals surface area contributed by atoms with Crippen LogP contribution in [0.4, 0.5) is 0 Å². The van der Waals surface area contributed by atoms with E-state index in [2.05, 4.69) is 43.9 Å². The number of likely N-dealkylation sites (tertiary alicyclic amines) is 1. The molecule has 2 rings (SSSR count). The first-order valence-electron chi connectivity index (χ1n) is 7.10. The van der Waals surface area contributed by atoms with Crippen molar-refractivity contribution in [1.82, 2.24) is 4.90 Å². The Morgan fingerprint density at radius 2 is 2.05 bits per heavy atom. The largest absolute Gasteiger partial charge is 0.328 e. The molecule has 0 spiro atoms. The fourth-order valence-corrected chi connectivity index (χ4v) is 2.82. The van der Waals surface area contributed by atoms with Gasteiger partial charge in [-0.25, -0.2) is 0 Å². The van der Waals surface area contributed by atoms with Gasteiger partial charge in [0.05, 0.1) is 0 Å². The zero-order chi connectivity index (χ0) is 13.1. The lowest BCUT2D eigenvalue weighted by atomic mass is 9.92. The summed E-state index contributed by atoms with van der Waals surface area (Å²) in [5.41, 5.74) is 10.3. The Balaban J connectivity index is 0.00000180. The molecular weight excluding hydrogens is 256 g/mol. The fraction of sp³-hybridized carbons (Fsp3) is 0.625. The molecule has 2 N–H and O–H groups in total. The van der Waals surface area contributed by atoms with Gasteiger partial charge in [-0.05, 0) is 62.8 Å². The van der Waals surface area contributed by atoms with Crippen LogP contribution in [0.5, 0.6) is 0 Å². The number of rotatable bonds is 3. The van der Waals surface area contributed by atoms with Crippen molar-refractivity contribution >= 4 is 12.4 Å². The Hall–Kier alpha value is -0.570. The van der Waals surface area contributed by atoms with Crippen LogP contribution in [0.1, 0.15) is 36.5 Å². The first-order valence-corrected chi connectivity index (χ1v) is 7.10. The first-order chi connectivity index (χ1) is 8.56. The summed E-state index contributed by atoms with van der Waals surface area (Å²) in [5, 5.41) is 0. The maximum Gasteiger partial charge on any atom is 0.0233 e. The highest BCUT2D eigenvalue weighted by Crippen LogP contribution is 2.21. The fourth-order valence-electron chi connectivity index (χ4n) is 2.82. The Kier molecular flexibility index (Phi) is 6.31. The van der Waals surface area contributed by atoms with Crippen molar-refractivity contribution in [3.8, 4) is 0 Å². The van der Waals surface area contributed by atoms with E-state index < -0.39 is 0 Å². The summed E-state index contributed by atoms with van der Waals surface area (Å²) < 4.78 is 0. The molecule has 1 heterocycles. The van der Waals surface area contributed by atoms with Crippen molar-refractivity contribution in [2.75, 3.05) is 13.1 Å². The second-order valence-electron chi connectivity index (χ2n) is 5.92. The number of aryl methyl sites for hydroxylation is 2. The molecule has 3 heteroatoms. The summed E-state index contributed by atoms with van der Waals surface area (Å²) in [4.78, 5) is 2.56. The average molecular weight is 283 g/mol. The lowest BCUT2D eigenvalue weighted by Gasteiger charge is -2.34. The van der Waals surface area contributed by atoms with Crippen LogP contribution in [-0.4, -0.2) is 24.0 Å². The van der Waals surface area contributed by atoms with E-state index >= 15 is 0 Å². The van der Waals surface area contributed by atoms with E-state index in [0.717, 1.165) is 13.1 Å².